The van der Waals surface area contributed by atoms with Crippen molar-refractivity contribution in [2.45, 2.75) is 12.7 Å². The standard InChI is InChI=1S/C19H11F4N3O4/c20-14-2-1-11(18(28)29-8-19(21,22)23)16-12(14)5-10(30-16)7-26-9-25-15-3-4-24-6-13(15)17(26)27/h1-6,9H,7-8H2. The van der Waals surface area contributed by atoms with Crippen LogP contribution in [0.25, 0.3) is 21.9 Å². The van der Waals surface area contributed by atoms with Crippen molar-refractivity contribution in [1.29, 1.82) is 0 Å². The molecule has 0 aliphatic heterocycles. The van der Waals surface area contributed by atoms with E-state index in [0.29, 0.717) is 5.52 Å². The van der Waals surface area contributed by atoms with E-state index in [1.54, 1.807) is 6.07 Å². The van der Waals surface area contributed by atoms with Crippen molar-refractivity contribution >= 4 is 27.8 Å². The number of carbonyl (C=O) groups is 1. The molecule has 0 aliphatic rings. The summed E-state index contributed by atoms with van der Waals surface area (Å²) in [6.07, 6.45) is -0.594. The van der Waals surface area contributed by atoms with Gasteiger partial charge in [-0.25, -0.2) is 14.2 Å². The summed E-state index contributed by atoms with van der Waals surface area (Å²) in [6, 6.07) is 4.71. The topological polar surface area (TPSA) is 87.2 Å². The van der Waals surface area contributed by atoms with Crippen molar-refractivity contribution in [1.82, 2.24) is 14.5 Å². The van der Waals surface area contributed by atoms with Crippen LogP contribution in [0.3, 0.4) is 0 Å². The highest BCUT2D eigenvalue weighted by molar-refractivity contribution is 6.02. The van der Waals surface area contributed by atoms with Crippen LogP contribution >= 0.6 is 0 Å². The third-order valence-corrected chi connectivity index (χ3v) is 4.22. The van der Waals surface area contributed by atoms with Gasteiger partial charge in [0.1, 0.15) is 17.1 Å². The van der Waals surface area contributed by atoms with Crippen LogP contribution in [0.2, 0.25) is 0 Å². The lowest BCUT2D eigenvalue weighted by molar-refractivity contribution is -0.161. The number of rotatable bonds is 4. The third kappa shape index (κ3) is 3.73. The molecule has 30 heavy (non-hydrogen) atoms. The molecule has 0 bridgehead atoms. The minimum Gasteiger partial charge on any atom is -0.458 e. The number of furan rings is 1. The quantitative estimate of drug-likeness (QED) is 0.371. The van der Waals surface area contributed by atoms with E-state index in [2.05, 4.69) is 14.7 Å². The maximum Gasteiger partial charge on any atom is 0.422 e. The number of hydrogen-bond acceptors (Lipinski definition) is 6. The highest BCUT2D eigenvalue weighted by Gasteiger charge is 2.30. The fourth-order valence-corrected chi connectivity index (χ4v) is 2.89. The molecular weight excluding hydrogens is 410 g/mol. The fraction of sp³-hybridized carbons (Fsp3) is 0.158. The van der Waals surface area contributed by atoms with E-state index in [1.807, 2.05) is 0 Å². The molecule has 7 nitrogen and oxygen atoms in total. The summed E-state index contributed by atoms with van der Waals surface area (Å²) in [4.78, 5) is 32.6. The lowest BCUT2D eigenvalue weighted by Gasteiger charge is -2.08. The first-order valence-electron chi connectivity index (χ1n) is 8.47. The molecule has 1 aromatic carbocycles. The van der Waals surface area contributed by atoms with E-state index >= 15 is 0 Å². The van der Waals surface area contributed by atoms with Crippen LogP contribution in [0.15, 0.2) is 52.2 Å². The number of ether oxygens (including phenoxy) is 1. The summed E-state index contributed by atoms with van der Waals surface area (Å²) in [7, 11) is 0. The predicted octanol–water partition coefficient (Wildman–Crippen LogP) is 3.44. The second kappa shape index (κ2) is 7.25. The summed E-state index contributed by atoms with van der Waals surface area (Å²) in [5, 5.41) is 0.133. The van der Waals surface area contributed by atoms with Crippen LogP contribution in [0.1, 0.15) is 16.1 Å². The van der Waals surface area contributed by atoms with Gasteiger partial charge >= 0.3 is 12.1 Å². The van der Waals surface area contributed by atoms with Crippen molar-refractivity contribution in [2.24, 2.45) is 0 Å². The smallest absolute Gasteiger partial charge is 0.422 e. The first-order valence-corrected chi connectivity index (χ1v) is 8.47. The summed E-state index contributed by atoms with van der Waals surface area (Å²) in [5.41, 5.74) is -0.619. The second-order valence-corrected chi connectivity index (χ2v) is 6.31. The molecule has 4 rings (SSSR count). The lowest BCUT2D eigenvalue weighted by atomic mass is 10.1. The Kier molecular flexibility index (Phi) is 4.72. The lowest BCUT2D eigenvalue weighted by Crippen LogP contribution is -2.21. The van der Waals surface area contributed by atoms with Crippen molar-refractivity contribution in [3.8, 4) is 0 Å². The zero-order chi connectivity index (χ0) is 21.5. The Bertz CT molecular complexity index is 1330. The number of aromatic nitrogens is 3. The largest absolute Gasteiger partial charge is 0.458 e. The van der Waals surface area contributed by atoms with Crippen LogP contribution in [0.5, 0.6) is 0 Å². The van der Waals surface area contributed by atoms with Gasteiger partial charge in [-0.3, -0.25) is 14.3 Å². The molecule has 0 saturated heterocycles. The first kappa shape index (κ1) is 19.6. The average Bonchev–Trinajstić information content (AvgIpc) is 3.13. The van der Waals surface area contributed by atoms with Gasteiger partial charge in [-0.05, 0) is 24.3 Å². The molecule has 11 heteroatoms. The van der Waals surface area contributed by atoms with Crippen LogP contribution < -0.4 is 5.56 Å². The van der Waals surface area contributed by atoms with E-state index < -0.39 is 30.1 Å². The monoisotopic (exact) mass is 421 g/mol. The fourth-order valence-electron chi connectivity index (χ4n) is 2.89. The minimum absolute atomic E-state index is 0.0899. The highest BCUT2D eigenvalue weighted by atomic mass is 19.4. The van der Waals surface area contributed by atoms with Crippen LogP contribution in [0, 0.1) is 5.82 Å². The Morgan fingerprint density at radius 3 is 2.77 bits per heavy atom. The molecule has 0 fully saturated rings. The highest BCUT2D eigenvalue weighted by Crippen LogP contribution is 2.27. The number of benzene rings is 1. The average molecular weight is 421 g/mol. The Morgan fingerprint density at radius 2 is 2.00 bits per heavy atom. The number of alkyl halides is 3. The van der Waals surface area contributed by atoms with Gasteiger partial charge in [-0.2, -0.15) is 13.2 Å². The van der Waals surface area contributed by atoms with Gasteiger partial charge in [0.2, 0.25) is 0 Å². The zero-order valence-electron chi connectivity index (χ0n) is 14.9. The van der Waals surface area contributed by atoms with Crippen molar-refractivity contribution in [2.75, 3.05) is 6.61 Å². The third-order valence-electron chi connectivity index (χ3n) is 4.22. The summed E-state index contributed by atoms with van der Waals surface area (Å²) in [6.45, 7) is -1.94. The van der Waals surface area contributed by atoms with Gasteiger partial charge in [0.05, 0.1) is 29.2 Å². The zero-order valence-corrected chi connectivity index (χ0v) is 14.9. The number of hydrogen-bond donors (Lipinski definition) is 0. The van der Waals surface area contributed by atoms with E-state index in [1.165, 1.54) is 29.4 Å². The molecule has 0 N–H and O–H groups in total. The molecule has 4 aromatic rings. The molecule has 154 valence electrons. The van der Waals surface area contributed by atoms with Gasteiger partial charge in [0.25, 0.3) is 5.56 Å². The number of pyridine rings is 1. The van der Waals surface area contributed by atoms with Crippen molar-refractivity contribution in [3.63, 3.8) is 0 Å². The molecule has 0 radical (unpaired) electrons. The normalized spacial score (nSPS) is 11.9. The summed E-state index contributed by atoms with van der Waals surface area (Å²) < 4.78 is 62.0. The molecule has 3 aromatic heterocycles. The molecule has 3 heterocycles. The van der Waals surface area contributed by atoms with Crippen molar-refractivity contribution < 1.29 is 31.5 Å². The van der Waals surface area contributed by atoms with E-state index in [-0.39, 0.29) is 34.2 Å². The Balaban J connectivity index is 1.70. The minimum atomic E-state index is -4.71. The molecule has 0 amide bonds. The number of carbonyl (C=O) groups excluding carboxylic acids is 1. The van der Waals surface area contributed by atoms with Crippen LogP contribution in [-0.2, 0) is 11.3 Å². The first-order chi connectivity index (χ1) is 14.2. The molecule has 0 aliphatic carbocycles. The predicted molar refractivity (Wildman–Crippen MR) is 95.4 cm³/mol. The van der Waals surface area contributed by atoms with Gasteiger partial charge < -0.3 is 9.15 Å². The van der Waals surface area contributed by atoms with Gasteiger partial charge in [-0.15, -0.1) is 0 Å². The molecule has 0 saturated carbocycles. The van der Waals surface area contributed by atoms with Gasteiger partial charge in [-0.1, -0.05) is 0 Å². The summed E-state index contributed by atoms with van der Waals surface area (Å²) >= 11 is 0. The van der Waals surface area contributed by atoms with E-state index in [0.717, 1.165) is 12.1 Å². The van der Waals surface area contributed by atoms with Gasteiger partial charge in [0.15, 0.2) is 12.2 Å². The number of fused-ring (bicyclic) bond motifs is 2. The Morgan fingerprint density at radius 1 is 1.20 bits per heavy atom. The summed E-state index contributed by atoms with van der Waals surface area (Å²) in [5.74, 6) is -1.97. The van der Waals surface area contributed by atoms with E-state index in [4.69, 9.17) is 4.42 Å². The van der Waals surface area contributed by atoms with E-state index in [9.17, 15) is 27.2 Å². The van der Waals surface area contributed by atoms with Gasteiger partial charge in [0, 0.05) is 12.4 Å². The van der Waals surface area contributed by atoms with Crippen LogP contribution in [-0.4, -0.2) is 33.3 Å². The van der Waals surface area contributed by atoms with Crippen LogP contribution in [0.4, 0.5) is 17.6 Å². The molecule has 0 unspecified atom stereocenters. The second-order valence-electron chi connectivity index (χ2n) is 6.31. The Hall–Kier alpha value is -3.76. The SMILES string of the molecule is O=C(OCC(F)(F)F)c1ccc(F)c2cc(Cn3cnc4ccncc4c3=O)oc12. The number of nitrogens with zero attached hydrogens (tertiary/aromatic N) is 3. The molecule has 0 atom stereocenters. The number of esters is 1. The number of halogens is 4. The maximum atomic E-state index is 14.2. The molecular formula is C19H11F4N3O4. The Labute approximate surface area is 164 Å². The maximum absolute atomic E-state index is 14.2. The van der Waals surface area contributed by atoms with Crippen molar-refractivity contribution in [3.05, 3.63) is 70.5 Å². The molecule has 0 spiro atoms.